The molecule has 6 heteroatoms. The molecule has 2 N–H and O–H groups in total. The molecular weight excluding hydrogens is 260 g/mol. The molecule has 1 aliphatic heterocycles. The average molecular weight is 284 g/mol. The number of hydrogen-bond acceptors (Lipinski definition) is 4. The van der Waals surface area contributed by atoms with Crippen LogP contribution in [0, 0.1) is 0 Å². The predicted octanol–water partition coefficient (Wildman–Crippen LogP) is 1.10. The minimum Gasteiger partial charge on any atom is -0.379 e. The zero-order valence-corrected chi connectivity index (χ0v) is 12.3. The molecular formula is C13H24N4OS. The van der Waals surface area contributed by atoms with E-state index >= 15 is 0 Å². The summed E-state index contributed by atoms with van der Waals surface area (Å²) in [5.41, 5.74) is 4.21. The van der Waals surface area contributed by atoms with Crippen molar-refractivity contribution in [3.8, 4) is 0 Å². The average Bonchev–Trinajstić information content (AvgIpc) is 2.47. The zero-order valence-electron chi connectivity index (χ0n) is 11.5. The summed E-state index contributed by atoms with van der Waals surface area (Å²) in [6.45, 7) is 5.58. The Morgan fingerprint density at radius 1 is 1.21 bits per heavy atom. The van der Waals surface area contributed by atoms with E-state index in [1.807, 2.05) is 0 Å². The molecule has 0 aromatic carbocycles. The van der Waals surface area contributed by atoms with Gasteiger partial charge in [0.2, 0.25) is 0 Å². The molecule has 108 valence electrons. The first-order valence-electron chi connectivity index (χ1n) is 7.24. The quantitative estimate of drug-likeness (QED) is 0.598. The number of thiocarbonyl (C=S) groups is 1. The molecule has 1 aliphatic carbocycles. The minimum absolute atomic E-state index is 0.631. The minimum atomic E-state index is 0.631. The Morgan fingerprint density at radius 3 is 2.68 bits per heavy atom. The molecule has 0 bridgehead atoms. The maximum Gasteiger partial charge on any atom is 0.186 e. The largest absolute Gasteiger partial charge is 0.379 e. The smallest absolute Gasteiger partial charge is 0.186 e. The Labute approximate surface area is 120 Å². The van der Waals surface area contributed by atoms with Crippen LogP contribution >= 0.6 is 12.2 Å². The summed E-state index contributed by atoms with van der Waals surface area (Å²) in [5, 5.41) is 8.21. The summed E-state index contributed by atoms with van der Waals surface area (Å²) < 4.78 is 5.31. The fraction of sp³-hybridized carbons (Fsp3) is 0.846. The van der Waals surface area contributed by atoms with Gasteiger partial charge in [0, 0.05) is 31.9 Å². The molecule has 5 nitrogen and oxygen atoms in total. The Bertz CT molecular complexity index is 308. The Kier molecular flexibility index (Phi) is 6.53. The van der Waals surface area contributed by atoms with E-state index < -0.39 is 0 Å². The van der Waals surface area contributed by atoms with Crippen molar-refractivity contribution >= 4 is 23.0 Å². The third-order valence-electron chi connectivity index (χ3n) is 3.56. The highest BCUT2D eigenvalue weighted by atomic mass is 32.1. The van der Waals surface area contributed by atoms with E-state index in [1.54, 1.807) is 0 Å². The van der Waals surface area contributed by atoms with E-state index in [0.29, 0.717) is 5.11 Å². The van der Waals surface area contributed by atoms with Crippen LogP contribution in [0.1, 0.15) is 32.1 Å². The van der Waals surface area contributed by atoms with Crippen LogP contribution in [-0.2, 0) is 4.74 Å². The summed E-state index contributed by atoms with van der Waals surface area (Å²) in [4.78, 5) is 2.38. The van der Waals surface area contributed by atoms with Crippen molar-refractivity contribution in [1.82, 2.24) is 15.6 Å². The van der Waals surface area contributed by atoms with E-state index in [9.17, 15) is 0 Å². The van der Waals surface area contributed by atoms with Gasteiger partial charge in [0.05, 0.1) is 13.2 Å². The van der Waals surface area contributed by atoms with Crippen LogP contribution in [-0.4, -0.2) is 55.1 Å². The zero-order chi connectivity index (χ0) is 13.3. The first-order chi connectivity index (χ1) is 9.34. The van der Waals surface area contributed by atoms with Gasteiger partial charge in [-0.25, -0.2) is 0 Å². The maximum atomic E-state index is 5.31. The molecule has 2 fully saturated rings. The Balaban J connectivity index is 1.56. The normalized spacial score (nSPS) is 20.9. The van der Waals surface area contributed by atoms with E-state index in [1.165, 1.54) is 25.0 Å². The van der Waals surface area contributed by atoms with Crippen LogP contribution in [0.25, 0.3) is 0 Å². The third-order valence-corrected chi connectivity index (χ3v) is 3.80. The molecule has 0 atom stereocenters. The van der Waals surface area contributed by atoms with E-state index in [4.69, 9.17) is 17.0 Å². The number of morpholine rings is 1. The molecule has 19 heavy (non-hydrogen) atoms. The number of nitrogens with one attached hydrogen (secondary N) is 2. The van der Waals surface area contributed by atoms with Crippen molar-refractivity contribution in [2.45, 2.75) is 32.1 Å². The Morgan fingerprint density at radius 2 is 1.95 bits per heavy atom. The second-order valence-electron chi connectivity index (χ2n) is 5.06. The summed E-state index contributed by atoms with van der Waals surface area (Å²) in [7, 11) is 0. The van der Waals surface area contributed by atoms with Crippen molar-refractivity contribution in [3.63, 3.8) is 0 Å². The summed E-state index contributed by atoms with van der Waals surface area (Å²) >= 11 is 5.22. The van der Waals surface area contributed by atoms with Gasteiger partial charge in [-0.2, -0.15) is 5.10 Å². The number of hydrogen-bond donors (Lipinski definition) is 2. The van der Waals surface area contributed by atoms with Gasteiger partial charge in [0.1, 0.15) is 0 Å². The molecule has 0 aromatic rings. The molecule has 1 heterocycles. The van der Waals surface area contributed by atoms with Crippen LogP contribution in [0.2, 0.25) is 0 Å². The molecule has 0 radical (unpaired) electrons. The van der Waals surface area contributed by atoms with Gasteiger partial charge in [-0.3, -0.25) is 10.3 Å². The van der Waals surface area contributed by atoms with Crippen LogP contribution in [0.15, 0.2) is 5.10 Å². The third kappa shape index (κ3) is 5.84. The highest BCUT2D eigenvalue weighted by Crippen LogP contribution is 2.14. The second kappa shape index (κ2) is 8.45. The Hall–Kier alpha value is -0.720. The van der Waals surface area contributed by atoms with Crippen LogP contribution < -0.4 is 10.7 Å². The van der Waals surface area contributed by atoms with Crippen LogP contribution in [0.4, 0.5) is 0 Å². The number of nitrogens with zero attached hydrogens (tertiary/aromatic N) is 2. The van der Waals surface area contributed by atoms with E-state index in [-0.39, 0.29) is 0 Å². The fourth-order valence-corrected chi connectivity index (χ4v) is 2.54. The molecule has 0 spiro atoms. The van der Waals surface area contributed by atoms with Gasteiger partial charge < -0.3 is 10.1 Å². The molecule has 1 saturated heterocycles. The van der Waals surface area contributed by atoms with Crippen molar-refractivity contribution < 1.29 is 4.74 Å². The SMILES string of the molecule is S=C(NCCN1CCOCC1)NN=C1CCCCC1. The molecule has 2 aliphatic rings. The van der Waals surface area contributed by atoms with Crippen molar-refractivity contribution in [2.75, 3.05) is 39.4 Å². The van der Waals surface area contributed by atoms with Crippen LogP contribution in [0.3, 0.4) is 0 Å². The first-order valence-corrected chi connectivity index (χ1v) is 7.65. The van der Waals surface area contributed by atoms with Gasteiger partial charge in [0.15, 0.2) is 5.11 Å². The monoisotopic (exact) mass is 284 g/mol. The van der Waals surface area contributed by atoms with Gasteiger partial charge in [-0.1, -0.05) is 6.42 Å². The summed E-state index contributed by atoms with van der Waals surface area (Å²) in [5.74, 6) is 0. The topological polar surface area (TPSA) is 48.9 Å². The highest BCUT2D eigenvalue weighted by molar-refractivity contribution is 7.80. The summed E-state index contributed by atoms with van der Waals surface area (Å²) in [6.07, 6.45) is 6.09. The van der Waals surface area contributed by atoms with E-state index in [2.05, 4.69) is 20.7 Å². The number of hydrazone groups is 1. The molecule has 0 unspecified atom stereocenters. The second-order valence-corrected chi connectivity index (χ2v) is 5.47. The highest BCUT2D eigenvalue weighted by Gasteiger charge is 2.09. The molecule has 0 amide bonds. The van der Waals surface area contributed by atoms with Crippen molar-refractivity contribution in [2.24, 2.45) is 5.10 Å². The van der Waals surface area contributed by atoms with Crippen molar-refractivity contribution in [1.29, 1.82) is 0 Å². The standard InChI is InChI=1S/C13H24N4OS/c19-13(16-15-12-4-2-1-3-5-12)14-6-7-17-8-10-18-11-9-17/h1-11H2,(H2,14,16,19). The fourth-order valence-electron chi connectivity index (χ4n) is 2.39. The van der Waals surface area contributed by atoms with Gasteiger partial charge in [-0.05, 0) is 37.9 Å². The number of ether oxygens (including phenoxy) is 1. The predicted molar refractivity (Wildman–Crippen MR) is 81.5 cm³/mol. The molecule has 0 aromatic heterocycles. The lowest BCUT2D eigenvalue weighted by molar-refractivity contribution is 0.0389. The van der Waals surface area contributed by atoms with Gasteiger partial charge >= 0.3 is 0 Å². The lowest BCUT2D eigenvalue weighted by Crippen LogP contribution is -2.43. The number of rotatable bonds is 4. The van der Waals surface area contributed by atoms with Crippen molar-refractivity contribution in [3.05, 3.63) is 0 Å². The maximum absolute atomic E-state index is 5.31. The van der Waals surface area contributed by atoms with E-state index in [0.717, 1.165) is 52.2 Å². The van der Waals surface area contributed by atoms with Gasteiger partial charge in [-0.15, -0.1) is 0 Å². The molecule has 2 rings (SSSR count). The lowest BCUT2D eigenvalue weighted by Gasteiger charge is -2.26. The molecule has 1 saturated carbocycles. The van der Waals surface area contributed by atoms with Gasteiger partial charge in [0.25, 0.3) is 0 Å². The lowest BCUT2D eigenvalue weighted by atomic mass is 9.99. The van der Waals surface area contributed by atoms with Crippen LogP contribution in [0.5, 0.6) is 0 Å². The first kappa shape index (κ1) is 14.7. The summed E-state index contributed by atoms with van der Waals surface area (Å²) in [6, 6.07) is 0.